The zero-order chi connectivity index (χ0) is 42.3. The third-order valence-corrected chi connectivity index (χ3v) is 14.2. The van der Waals surface area contributed by atoms with Crippen LogP contribution in [0.5, 0.6) is 0 Å². The van der Waals surface area contributed by atoms with Crippen LogP contribution in [0.25, 0.3) is 0 Å². The summed E-state index contributed by atoms with van der Waals surface area (Å²) in [6, 6.07) is 0. The average Bonchev–Trinajstić information content (AvgIpc) is 3.25. The van der Waals surface area contributed by atoms with Crippen LogP contribution in [0.1, 0.15) is 380 Å². The fraction of sp³-hybridized carbons (Fsp3) is 1.00. The highest BCUT2D eigenvalue weighted by atomic mass is 14.1. The lowest BCUT2D eigenvalue weighted by atomic mass is 10.0. The van der Waals surface area contributed by atoms with Crippen LogP contribution in [0.3, 0.4) is 0 Å². The van der Waals surface area contributed by atoms with Gasteiger partial charge in [0, 0.05) is 0 Å². The first-order valence-corrected chi connectivity index (χ1v) is 29.4. The quantitative estimate of drug-likeness (QED) is 0.0536. The first-order chi connectivity index (χ1) is 29.4. The van der Waals surface area contributed by atoms with Gasteiger partial charge in [-0.25, -0.2) is 0 Å². The molecule has 0 amide bonds. The summed E-state index contributed by atoms with van der Waals surface area (Å²) < 4.78 is 0. The minimum absolute atomic E-state index is 1.37. The molecular formula is C59H120. The summed E-state index contributed by atoms with van der Waals surface area (Å²) >= 11 is 0. The third kappa shape index (κ3) is 58.0. The summed E-state index contributed by atoms with van der Waals surface area (Å²) in [6.45, 7) is 4.63. The molecule has 0 unspecified atom stereocenters. The van der Waals surface area contributed by atoms with Crippen molar-refractivity contribution in [3.63, 3.8) is 0 Å². The van der Waals surface area contributed by atoms with Crippen LogP contribution in [0.4, 0.5) is 0 Å². The zero-order valence-electron chi connectivity index (χ0n) is 42.3. The minimum atomic E-state index is 1.37. The Kier molecular flexibility index (Phi) is 58.0. The molecule has 0 nitrogen and oxygen atoms in total. The van der Waals surface area contributed by atoms with Crippen molar-refractivity contribution < 1.29 is 0 Å². The van der Waals surface area contributed by atoms with E-state index in [-0.39, 0.29) is 0 Å². The van der Waals surface area contributed by atoms with Crippen LogP contribution in [-0.4, -0.2) is 0 Å². The van der Waals surface area contributed by atoms with E-state index in [1.54, 1.807) is 0 Å². The number of rotatable bonds is 56. The SMILES string of the molecule is CCCCCCCCCCCCCCCCCCCCCCCCCCCCCCCCCCCCCCCCCCCCCCCCCCCCCCCCCCC. The summed E-state index contributed by atoms with van der Waals surface area (Å²) in [6.07, 6.45) is 84.9. The van der Waals surface area contributed by atoms with Crippen LogP contribution >= 0.6 is 0 Å². The second-order valence-corrected chi connectivity index (χ2v) is 20.4. The fourth-order valence-corrected chi connectivity index (χ4v) is 9.87. The van der Waals surface area contributed by atoms with Crippen molar-refractivity contribution in [1.82, 2.24) is 0 Å². The first kappa shape index (κ1) is 59.0. The molecule has 356 valence electrons. The van der Waals surface area contributed by atoms with Crippen LogP contribution in [0.2, 0.25) is 0 Å². The van der Waals surface area contributed by atoms with E-state index in [9.17, 15) is 0 Å². The van der Waals surface area contributed by atoms with Crippen molar-refractivity contribution >= 4 is 0 Å². The van der Waals surface area contributed by atoms with Gasteiger partial charge in [-0.3, -0.25) is 0 Å². The van der Waals surface area contributed by atoms with Crippen LogP contribution in [0, 0.1) is 0 Å². The highest BCUT2D eigenvalue weighted by molar-refractivity contribution is 4.55. The van der Waals surface area contributed by atoms with Gasteiger partial charge >= 0.3 is 0 Å². The summed E-state index contributed by atoms with van der Waals surface area (Å²) in [4.78, 5) is 0. The average molecular weight is 830 g/mol. The predicted octanol–water partition coefficient (Wildman–Crippen LogP) is 23.3. The van der Waals surface area contributed by atoms with E-state index >= 15 is 0 Å². The van der Waals surface area contributed by atoms with Gasteiger partial charge in [0.25, 0.3) is 0 Å². The number of unbranched alkanes of at least 4 members (excludes halogenated alkanes) is 56. The van der Waals surface area contributed by atoms with Crippen LogP contribution in [0.15, 0.2) is 0 Å². The Hall–Kier alpha value is 0. The second kappa shape index (κ2) is 58.0. The molecule has 0 saturated carbocycles. The van der Waals surface area contributed by atoms with Gasteiger partial charge in [0.2, 0.25) is 0 Å². The van der Waals surface area contributed by atoms with Crippen LogP contribution in [-0.2, 0) is 0 Å². The van der Waals surface area contributed by atoms with E-state index in [0.717, 1.165) is 0 Å². The Morgan fingerprint density at radius 2 is 0.136 bits per heavy atom. The molecule has 0 radical (unpaired) electrons. The molecule has 0 aliphatic rings. The second-order valence-electron chi connectivity index (χ2n) is 20.4. The molecule has 0 atom stereocenters. The maximum atomic E-state index is 2.31. The molecule has 0 aliphatic heterocycles. The van der Waals surface area contributed by atoms with Gasteiger partial charge in [0.05, 0.1) is 0 Å². The maximum absolute atomic E-state index is 2.31. The Labute approximate surface area is 378 Å². The van der Waals surface area contributed by atoms with Gasteiger partial charge in [-0.05, 0) is 0 Å². The third-order valence-electron chi connectivity index (χ3n) is 14.2. The van der Waals surface area contributed by atoms with E-state index in [0.29, 0.717) is 0 Å². The van der Waals surface area contributed by atoms with Crippen molar-refractivity contribution in [3.8, 4) is 0 Å². The van der Waals surface area contributed by atoms with E-state index in [1.165, 1.54) is 366 Å². The normalized spacial score (nSPS) is 11.7. The van der Waals surface area contributed by atoms with Gasteiger partial charge in [-0.2, -0.15) is 0 Å². The van der Waals surface area contributed by atoms with E-state index < -0.39 is 0 Å². The molecule has 0 saturated heterocycles. The molecule has 0 heteroatoms. The highest BCUT2D eigenvalue weighted by Gasteiger charge is 1.99. The lowest BCUT2D eigenvalue weighted by Crippen LogP contribution is -1.85. The minimum Gasteiger partial charge on any atom is -0.0654 e. The smallest absolute Gasteiger partial charge is 0.0533 e. The van der Waals surface area contributed by atoms with Crippen molar-refractivity contribution in [2.24, 2.45) is 0 Å². The number of hydrogen-bond donors (Lipinski definition) is 0. The first-order valence-electron chi connectivity index (χ1n) is 29.4. The highest BCUT2D eigenvalue weighted by Crippen LogP contribution is 2.19. The zero-order valence-corrected chi connectivity index (χ0v) is 42.3. The molecule has 59 heavy (non-hydrogen) atoms. The summed E-state index contributed by atoms with van der Waals surface area (Å²) in [7, 11) is 0. The predicted molar refractivity (Wildman–Crippen MR) is 275 cm³/mol. The molecular weight excluding hydrogens is 709 g/mol. The number of hydrogen-bond acceptors (Lipinski definition) is 0. The molecule has 0 heterocycles. The van der Waals surface area contributed by atoms with Crippen molar-refractivity contribution in [3.05, 3.63) is 0 Å². The summed E-state index contributed by atoms with van der Waals surface area (Å²) in [5, 5.41) is 0. The maximum Gasteiger partial charge on any atom is -0.0533 e. The largest absolute Gasteiger partial charge is 0.0654 e. The molecule has 0 aliphatic carbocycles. The molecule has 0 aromatic carbocycles. The molecule has 0 rings (SSSR count). The molecule has 0 bridgehead atoms. The lowest BCUT2D eigenvalue weighted by Gasteiger charge is -2.05. The van der Waals surface area contributed by atoms with Crippen LogP contribution < -0.4 is 0 Å². The van der Waals surface area contributed by atoms with Gasteiger partial charge in [0.1, 0.15) is 0 Å². The van der Waals surface area contributed by atoms with Gasteiger partial charge in [-0.1, -0.05) is 380 Å². The monoisotopic (exact) mass is 829 g/mol. The molecule has 0 spiro atoms. The Bertz CT molecular complexity index is 609. The van der Waals surface area contributed by atoms with Gasteiger partial charge in [0.15, 0.2) is 0 Å². The van der Waals surface area contributed by atoms with E-state index in [4.69, 9.17) is 0 Å². The van der Waals surface area contributed by atoms with Crippen molar-refractivity contribution in [1.29, 1.82) is 0 Å². The topological polar surface area (TPSA) is 0 Å². The summed E-state index contributed by atoms with van der Waals surface area (Å²) in [5.41, 5.74) is 0. The summed E-state index contributed by atoms with van der Waals surface area (Å²) in [5.74, 6) is 0. The lowest BCUT2D eigenvalue weighted by molar-refractivity contribution is 0.507. The van der Waals surface area contributed by atoms with E-state index in [2.05, 4.69) is 13.8 Å². The van der Waals surface area contributed by atoms with E-state index in [1.807, 2.05) is 0 Å². The van der Waals surface area contributed by atoms with Gasteiger partial charge in [-0.15, -0.1) is 0 Å². The Balaban J connectivity index is 3.06. The van der Waals surface area contributed by atoms with Crippen molar-refractivity contribution in [2.45, 2.75) is 380 Å². The Morgan fingerprint density at radius 1 is 0.0847 bits per heavy atom. The standard InChI is InChI=1S/C59H120/c1-3-5-7-9-11-13-15-17-19-21-23-25-27-29-31-33-35-37-39-41-43-45-47-49-51-53-55-57-59-58-56-54-52-50-48-46-44-42-40-38-36-34-32-30-28-26-24-22-20-18-16-14-12-10-8-6-4-2/h3-59H2,1-2H3. The molecule has 0 aromatic heterocycles. The molecule has 0 N–H and O–H groups in total. The molecule has 0 aromatic rings. The Morgan fingerprint density at radius 3 is 0.186 bits per heavy atom. The van der Waals surface area contributed by atoms with Gasteiger partial charge < -0.3 is 0 Å². The molecule has 0 fully saturated rings. The van der Waals surface area contributed by atoms with Crippen molar-refractivity contribution in [2.75, 3.05) is 0 Å². The fourth-order valence-electron chi connectivity index (χ4n) is 9.87.